The molecule has 1 heterocycles. The molecule has 0 bridgehead atoms. The molecule has 0 aliphatic carbocycles. The van der Waals surface area contributed by atoms with Crippen LogP contribution in [-0.4, -0.2) is 39.0 Å². The van der Waals surface area contributed by atoms with E-state index in [2.05, 4.69) is 49.1 Å². The number of thiazole rings is 1. The molecular weight excluding hydrogens is 541 g/mol. The van der Waals surface area contributed by atoms with E-state index < -0.39 is 8.32 Å². The minimum absolute atomic E-state index is 0.101. The molecule has 0 fully saturated rings. The van der Waals surface area contributed by atoms with Crippen molar-refractivity contribution in [3.05, 3.63) is 59.1 Å². The molecule has 1 atom stereocenters. The maximum Gasteiger partial charge on any atom is 0.257 e. The molecule has 1 N–H and O–H groups in total. The second kappa shape index (κ2) is 13.1. The molecular formula is C27H36N2O6S2Si. The van der Waals surface area contributed by atoms with Crippen molar-refractivity contribution in [3.63, 3.8) is 0 Å². The zero-order chi connectivity index (χ0) is 27.9. The van der Waals surface area contributed by atoms with E-state index in [-0.39, 0.29) is 17.0 Å². The van der Waals surface area contributed by atoms with Gasteiger partial charge >= 0.3 is 0 Å². The minimum Gasteiger partial charge on any atom is -0.488 e. The van der Waals surface area contributed by atoms with E-state index in [1.54, 1.807) is 24.4 Å². The van der Waals surface area contributed by atoms with Crippen molar-refractivity contribution in [1.29, 1.82) is 0 Å². The molecule has 0 aliphatic heterocycles. The number of nitrogens with zero attached hydrogens (tertiary/aromatic N) is 1. The first kappa shape index (κ1) is 30.1. The summed E-state index contributed by atoms with van der Waals surface area (Å²) in [5, 5.41) is 3.48. The van der Waals surface area contributed by atoms with Gasteiger partial charge in [-0.2, -0.15) is 4.33 Å². The lowest BCUT2D eigenvalue weighted by molar-refractivity contribution is -0.160. The van der Waals surface area contributed by atoms with Crippen LogP contribution in [0.15, 0.2) is 53.6 Å². The molecule has 0 saturated heterocycles. The van der Waals surface area contributed by atoms with Crippen molar-refractivity contribution in [2.45, 2.75) is 63.8 Å². The number of hydrogen-bond donors (Lipinski definition) is 1. The maximum absolute atomic E-state index is 13.1. The summed E-state index contributed by atoms with van der Waals surface area (Å²) in [4.78, 5) is 23.8. The van der Waals surface area contributed by atoms with E-state index in [4.69, 9.17) is 18.2 Å². The largest absolute Gasteiger partial charge is 0.488 e. The highest BCUT2D eigenvalue weighted by atomic mass is 32.2. The quantitative estimate of drug-likeness (QED) is 0.101. The third-order valence-corrected chi connectivity index (χ3v) is 12.1. The number of amides is 1. The number of anilines is 1. The number of benzene rings is 2. The number of rotatable bonds is 12. The number of carbonyl (C=O) groups is 1. The molecule has 0 spiro atoms. The lowest BCUT2D eigenvalue weighted by Crippen LogP contribution is -2.43. The van der Waals surface area contributed by atoms with Gasteiger partial charge in [0, 0.05) is 27.6 Å². The van der Waals surface area contributed by atoms with E-state index in [0.29, 0.717) is 34.6 Å². The summed E-state index contributed by atoms with van der Waals surface area (Å²) in [6.07, 6.45) is 1.49. The van der Waals surface area contributed by atoms with Crippen LogP contribution in [0, 0.1) is 6.92 Å². The number of aryl methyl sites for hydroxylation is 1. The molecule has 2 aromatic carbocycles. The summed E-state index contributed by atoms with van der Waals surface area (Å²) in [7, 11) is -0.476. The standard InChI is InChI=1S/C27H36N2O6S2Si/c1-18(17-32-38(7,8)27(3,4)5)33-22-13-20(25(30)29-26-28-16-19(2)36-26)14-23(15-22)34-21-9-11-24(12-10-21)37-35-31-6/h9-16,18H,17H2,1-8H3,(H,28,29,30)/t18-/m0/s1. The summed E-state index contributed by atoms with van der Waals surface area (Å²) in [6, 6.07) is 12.5. The fourth-order valence-electron chi connectivity index (χ4n) is 2.99. The summed E-state index contributed by atoms with van der Waals surface area (Å²) in [5.74, 6) is 1.27. The SMILES string of the molecule is COOSc1ccc(Oc2cc(O[C@@H](C)CO[Si](C)(C)C(C)(C)C)cc(C(=O)Nc3ncc(C)s3)c2)cc1. The molecule has 0 aliphatic rings. The molecule has 3 aromatic rings. The molecule has 11 heteroatoms. The predicted octanol–water partition coefficient (Wildman–Crippen LogP) is 7.87. The first-order valence-corrected chi connectivity index (χ1v) is 16.7. The van der Waals surface area contributed by atoms with Crippen LogP contribution in [0.3, 0.4) is 0 Å². The Balaban J connectivity index is 1.80. The topological polar surface area (TPSA) is 88.1 Å². The van der Waals surface area contributed by atoms with E-state index in [0.717, 1.165) is 21.8 Å². The van der Waals surface area contributed by atoms with Gasteiger partial charge < -0.3 is 13.9 Å². The molecule has 38 heavy (non-hydrogen) atoms. The Kier molecular flexibility index (Phi) is 10.4. The summed E-state index contributed by atoms with van der Waals surface area (Å²) >= 11 is 2.51. The predicted molar refractivity (Wildman–Crippen MR) is 155 cm³/mol. The van der Waals surface area contributed by atoms with Crippen molar-refractivity contribution in [3.8, 4) is 17.2 Å². The van der Waals surface area contributed by atoms with Gasteiger partial charge in [-0.25, -0.2) is 9.87 Å². The van der Waals surface area contributed by atoms with Crippen molar-refractivity contribution >= 4 is 42.7 Å². The van der Waals surface area contributed by atoms with Gasteiger partial charge in [-0.1, -0.05) is 20.8 Å². The van der Waals surface area contributed by atoms with Crippen LogP contribution in [0.25, 0.3) is 0 Å². The van der Waals surface area contributed by atoms with Gasteiger partial charge in [-0.15, -0.1) is 11.3 Å². The zero-order valence-electron chi connectivity index (χ0n) is 23.1. The van der Waals surface area contributed by atoms with Crippen molar-refractivity contribution < 1.29 is 27.9 Å². The number of hydrogen-bond acceptors (Lipinski definition) is 9. The highest BCUT2D eigenvalue weighted by molar-refractivity contribution is 7.94. The van der Waals surface area contributed by atoms with Gasteiger partial charge in [-0.05, 0) is 68.4 Å². The highest BCUT2D eigenvalue weighted by Crippen LogP contribution is 2.37. The van der Waals surface area contributed by atoms with Crippen LogP contribution in [0.4, 0.5) is 5.13 Å². The summed E-state index contributed by atoms with van der Waals surface area (Å²) in [6.45, 7) is 15.4. The number of ether oxygens (including phenoxy) is 2. The van der Waals surface area contributed by atoms with Gasteiger partial charge in [0.25, 0.3) is 5.91 Å². The Bertz CT molecular complexity index is 1210. The average molecular weight is 577 g/mol. The van der Waals surface area contributed by atoms with Crippen molar-refractivity contribution in [1.82, 2.24) is 4.98 Å². The Morgan fingerprint density at radius 1 is 1.11 bits per heavy atom. The molecule has 1 amide bonds. The second-order valence-electron chi connectivity index (χ2n) is 10.3. The first-order valence-electron chi connectivity index (χ1n) is 12.2. The van der Waals surface area contributed by atoms with E-state index >= 15 is 0 Å². The average Bonchev–Trinajstić information content (AvgIpc) is 3.26. The Morgan fingerprint density at radius 2 is 1.79 bits per heavy atom. The molecule has 3 rings (SSSR count). The lowest BCUT2D eigenvalue weighted by Gasteiger charge is -2.36. The van der Waals surface area contributed by atoms with Crippen LogP contribution in [0.1, 0.15) is 42.9 Å². The second-order valence-corrected chi connectivity index (χ2v) is 17.1. The van der Waals surface area contributed by atoms with Crippen molar-refractivity contribution in [2.24, 2.45) is 0 Å². The number of aromatic nitrogens is 1. The highest BCUT2D eigenvalue weighted by Gasteiger charge is 2.37. The normalized spacial score (nSPS) is 12.7. The summed E-state index contributed by atoms with van der Waals surface area (Å²) < 4.78 is 23.5. The fraction of sp³-hybridized carbons (Fsp3) is 0.407. The molecule has 0 unspecified atom stereocenters. The third kappa shape index (κ3) is 8.82. The van der Waals surface area contributed by atoms with Crippen LogP contribution in [0.5, 0.6) is 17.2 Å². The van der Waals surface area contributed by atoms with Gasteiger partial charge in [0.2, 0.25) is 0 Å². The molecule has 1 aromatic heterocycles. The Morgan fingerprint density at radius 3 is 2.39 bits per heavy atom. The maximum atomic E-state index is 13.1. The number of carbonyl (C=O) groups excluding carboxylic acids is 1. The van der Waals surface area contributed by atoms with E-state index in [9.17, 15) is 4.79 Å². The van der Waals surface area contributed by atoms with Gasteiger partial charge in [0.05, 0.1) is 25.8 Å². The van der Waals surface area contributed by atoms with Gasteiger partial charge in [-0.3, -0.25) is 10.1 Å². The van der Waals surface area contributed by atoms with Gasteiger partial charge in [0.1, 0.15) is 23.4 Å². The van der Waals surface area contributed by atoms with Gasteiger partial charge in [0.15, 0.2) is 13.4 Å². The fourth-order valence-corrected chi connectivity index (χ4v) is 5.13. The van der Waals surface area contributed by atoms with Crippen molar-refractivity contribution in [2.75, 3.05) is 19.0 Å². The molecule has 0 saturated carbocycles. The lowest BCUT2D eigenvalue weighted by atomic mass is 10.2. The van der Waals surface area contributed by atoms with E-state index in [1.165, 1.54) is 18.4 Å². The molecule has 8 nitrogen and oxygen atoms in total. The van der Waals surface area contributed by atoms with Crippen LogP contribution < -0.4 is 14.8 Å². The number of nitrogens with one attached hydrogen (secondary N) is 1. The monoisotopic (exact) mass is 576 g/mol. The summed E-state index contributed by atoms with van der Waals surface area (Å²) in [5.41, 5.74) is 0.392. The smallest absolute Gasteiger partial charge is 0.257 e. The third-order valence-electron chi connectivity index (χ3n) is 6.06. The zero-order valence-corrected chi connectivity index (χ0v) is 25.7. The molecule has 206 valence electrons. The first-order chi connectivity index (χ1) is 17.9. The Labute approximate surface area is 234 Å². The minimum atomic E-state index is -1.92. The van der Waals surface area contributed by atoms with E-state index in [1.807, 2.05) is 38.1 Å². The Hall–Kier alpha value is -2.41. The van der Waals surface area contributed by atoms with Crippen LogP contribution in [0.2, 0.25) is 18.1 Å². The van der Waals surface area contributed by atoms with Crippen LogP contribution in [-0.2, 0) is 13.6 Å². The van der Waals surface area contributed by atoms with Crippen LogP contribution >= 0.6 is 23.4 Å². The molecule has 0 radical (unpaired) electrons.